The van der Waals surface area contributed by atoms with Gasteiger partial charge >= 0.3 is 0 Å². The van der Waals surface area contributed by atoms with Gasteiger partial charge in [-0.05, 0) is 30.2 Å². The summed E-state index contributed by atoms with van der Waals surface area (Å²) in [6.07, 6.45) is 3.24. The lowest BCUT2D eigenvalue weighted by atomic mass is 10.2. The molecule has 0 amide bonds. The third kappa shape index (κ3) is 2.83. The monoisotopic (exact) mass is 238 g/mol. The first-order valence-corrected chi connectivity index (χ1v) is 5.16. The predicted octanol–water partition coefficient (Wildman–Crippen LogP) is 0.971. The van der Waals surface area contributed by atoms with Gasteiger partial charge in [0.2, 0.25) is 0 Å². The topological polar surface area (TPSA) is 84.4 Å². The summed E-state index contributed by atoms with van der Waals surface area (Å²) in [6.45, 7) is 0. The van der Waals surface area contributed by atoms with Crippen LogP contribution in [-0.4, -0.2) is 21.0 Å². The molecule has 2 aromatic rings. The minimum absolute atomic E-state index is 0.0285. The van der Waals surface area contributed by atoms with Gasteiger partial charge in [-0.25, -0.2) is 4.98 Å². The second-order valence-corrected chi connectivity index (χ2v) is 3.38. The average molecular weight is 238 g/mol. The zero-order valence-corrected chi connectivity index (χ0v) is 9.41. The third-order valence-corrected chi connectivity index (χ3v) is 2.13. The molecule has 0 spiro atoms. The molecule has 0 saturated carbocycles. The molecule has 2 heterocycles. The molecular weight excluding hydrogens is 228 g/mol. The highest BCUT2D eigenvalue weighted by atomic mass is 16.4. The van der Waals surface area contributed by atoms with Crippen molar-refractivity contribution in [3.63, 3.8) is 0 Å². The van der Waals surface area contributed by atoms with E-state index < -0.39 is 0 Å². The Morgan fingerprint density at radius 1 is 1.17 bits per heavy atom. The van der Waals surface area contributed by atoms with E-state index >= 15 is 0 Å². The Bertz CT molecular complexity index is 609. The highest BCUT2D eigenvalue weighted by Crippen LogP contribution is 1.99. The molecule has 0 aliphatic heterocycles. The van der Waals surface area contributed by atoms with Gasteiger partial charge in [-0.15, -0.1) is 0 Å². The third-order valence-electron chi connectivity index (χ3n) is 2.13. The van der Waals surface area contributed by atoms with Gasteiger partial charge in [0.1, 0.15) is 11.4 Å². The van der Waals surface area contributed by atoms with Crippen LogP contribution >= 0.6 is 0 Å². The van der Waals surface area contributed by atoms with Gasteiger partial charge in [0.05, 0.1) is 0 Å². The first-order valence-electron chi connectivity index (χ1n) is 5.16. The van der Waals surface area contributed by atoms with E-state index in [0.717, 1.165) is 5.56 Å². The number of rotatable bonds is 1. The van der Waals surface area contributed by atoms with Crippen LogP contribution in [0.1, 0.15) is 17.0 Å². The van der Waals surface area contributed by atoms with Crippen LogP contribution in [-0.2, 0) is 0 Å². The maximum absolute atomic E-state index is 8.50. The van der Waals surface area contributed by atoms with Crippen LogP contribution in [0.2, 0.25) is 0 Å². The molecule has 0 unspecified atom stereocenters. The minimum Gasteiger partial charge on any atom is -0.409 e. The van der Waals surface area contributed by atoms with Crippen molar-refractivity contribution in [2.45, 2.75) is 0 Å². The quantitative estimate of drug-likeness (QED) is 0.255. The summed E-state index contributed by atoms with van der Waals surface area (Å²) in [5, 5.41) is 11.4. The Kier molecular flexibility index (Phi) is 3.52. The van der Waals surface area contributed by atoms with Crippen LogP contribution < -0.4 is 5.73 Å². The number of nitrogens with zero attached hydrogens (tertiary/aromatic N) is 3. The average Bonchev–Trinajstić information content (AvgIpc) is 2.46. The van der Waals surface area contributed by atoms with Crippen molar-refractivity contribution in [2.75, 3.05) is 0 Å². The summed E-state index contributed by atoms with van der Waals surface area (Å²) >= 11 is 0. The van der Waals surface area contributed by atoms with Crippen LogP contribution in [0.15, 0.2) is 47.9 Å². The smallest absolute Gasteiger partial charge is 0.188 e. The normalized spacial score (nSPS) is 10.6. The Hall–Kier alpha value is -2.87. The van der Waals surface area contributed by atoms with Gasteiger partial charge in [-0.1, -0.05) is 17.1 Å². The molecule has 0 atom stereocenters. The standard InChI is InChI=1S/C13H10N4O/c14-13(17-18)12-7-5-10(9-16-12)4-6-11-3-1-2-8-15-11/h1-3,5,7-9,18H,(H2,14,17). The minimum atomic E-state index is -0.0285. The molecule has 3 N–H and O–H groups in total. The molecule has 2 rings (SSSR count). The summed E-state index contributed by atoms with van der Waals surface area (Å²) in [5.74, 6) is 5.81. The van der Waals surface area contributed by atoms with E-state index in [1.165, 1.54) is 0 Å². The Morgan fingerprint density at radius 2 is 2.06 bits per heavy atom. The van der Waals surface area contributed by atoms with Crippen LogP contribution in [0.5, 0.6) is 0 Å². The molecule has 0 bridgehead atoms. The van der Waals surface area contributed by atoms with Gasteiger partial charge in [0.25, 0.3) is 0 Å². The van der Waals surface area contributed by atoms with Crippen molar-refractivity contribution >= 4 is 5.84 Å². The highest BCUT2D eigenvalue weighted by Gasteiger charge is 1.99. The van der Waals surface area contributed by atoms with Crippen LogP contribution in [0.25, 0.3) is 0 Å². The molecule has 88 valence electrons. The number of hydrogen-bond donors (Lipinski definition) is 2. The van der Waals surface area contributed by atoms with Gasteiger partial charge < -0.3 is 10.9 Å². The molecule has 5 nitrogen and oxygen atoms in total. The second kappa shape index (κ2) is 5.46. The first-order chi connectivity index (χ1) is 8.79. The van der Waals surface area contributed by atoms with Gasteiger partial charge in [0, 0.05) is 18.0 Å². The van der Waals surface area contributed by atoms with E-state index in [4.69, 9.17) is 10.9 Å². The number of amidine groups is 1. The fraction of sp³-hybridized carbons (Fsp3) is 0. The van der Waals surface area contributed by atoms with E-state index in [1.54, 1.807) is 24.5 Å². The maximum atomic E-state index is 8.50. The van der Waals surface area contributed by atoms with Crippen LogP contribution in [0.4, 0.5) is 0 Å². The number of hydrogen-bond acceptors (Lipinski definition) is 4. The zero-order valence-electron chi connectivity index (χ0n) is 9.41. The Balaban J connectivity index is 2.19. The zero-order chi connectivity index (χ0) is 12.8. The van der Waals surface area contributed by atoms with Gasteiger partial charge in [0.15, 0.2) is 5.84 Å². The number of nitrogens with two attached hydrogens (primary N) is 1. The van der Waals surface area contributed by atoms with Crippen molar-refractivity contribution in [2.24, 2.45) is 10.9 Å². The molecule has 0 aromatic carbocycles. The molecule has 18 heavy (non-hydrogen) atoms. The number of pyridine rings is 2. The molecule has 0 aliphatic carbocycles. The molecule has 2 aromatic heterocycles. The molecule has 5 heteroatoms. The van der Waals surface area contributed by atoms with E-state index in [-0.39, 0.29) is 5.84 Å². The van der Waals surface area contributed by atoms with Crippen LogP contribution in [0.3, 0.4) is 0 Å². The molecular formula is C13H10N4O. The number of oxime groups is 1. The van der Waals surface area contributed by atoms with Crippen molar-refractivity contribution in [1.29, 1.82) is 0 Å². The van der Waals surface area contributed by atoms with E-state index in [2.05, 4.69) is 27.0 Å². The fourth-order valence-corrected chi connectivity index (χ4v) is 1.24. The molecule has 0 aliphatic rings. The van der Waals surface area contributed by atoms with Crippen molar-refractivity contribution in [3.8, 4) is 11.8 Å². The lowest BCUT2D eigenvalue weighted by molar-refractivity contribution is 0.318. The highest BCUT2D eigenvalue weighted by molar-refractivity contribution is 5.95. The predicted molar refractivity (Wildman–Crippen MR) is 67.0 cm³/mol. The summed E-state index contributed by atoms with van der Waals surface area (Å²) in [4.78, 5) is 8.11. The second-order valence-electron chi connectivity index (χ2n) is 3.38. The summed E-state index contributed by atoms with van der Waals surface area (Å²) in [6, 6.07) is 8.91. The fourth-order valence-electron chi connectivity index (χ4n) is 1.24. The Morgan fingerprint density at radius 3 is 2.67 bits per heavy atom. The lowest BCUT2D eigenvalue weighted by Gasteiger charge is -1.96. The van der Waals surface area contributed by atoms with Crippen molar-refractivity contribution < 1.29 is 5.21 Å². The molecule has 0 radical (unpaired) electrons. The lowest BCUT2D eigenvalue weighted by Crippen LogP contribution is -2.14. The number of aromatic nitrogens is 2. The van der Waals surface area contributed by atoms with Gasteiger partial charge in [-0.3, -0.25) is 4.98 Å². The Labute approximate surface area is 104 Å². The first kappa shape index (κ1) is 11.6. The summed E-state index contributed by atoms with van der Waals surface area (Å²) in [5.41, 5.74) is 7.23. The maximum Gasteiger partial charge on any atom is 0.188 e. The van der Waals surface area contributed by atoms with E-state index in [9.17, 15) is 0 Å². The van der Waals surface area contributed by atoms with E-state index in [1.807, 2.05) is 18.2 Å². The van der Waals surface area contributed by atoms with Crippen molar-refractivity contribution in [3.05, 3.63) is 59.7 Å². The molecule has 0 fully saturated rings. The summed E-state index contributed by atoms with van der Waals surface area (Å²) < 4.78 is 0. The van der Waals surface area contributed by atoms with Gasteiger partial charge in [-0.2, -0.15) is 0 Å². The van der Waals surface area contributed by atoms with E-state index in [0.29, 0.717) is 11.4 Å². The molecule has 0 saturated heterocycles. The van der Waals surface area contributed by atoms with Crippen molar-refractivity contribution in [1.82, 2.24) is 9.97 Å². The largest absolute Gasteiger partial charge is 0.409 e. The summed E-state index contributed by atoms with van der Waals surface area (Å²) in [7, 11) is 0. The SMILES string of the molecule is NC(=NO)c1ccc(C#Cc2ccccn2)cn1. The van der Waals surface area contributed by atoms with Crippen LogP contribution in [0, 0.1) is 11.8 Å².